The third kappa shape index (κ3) is 7.27. The quantitative estimate of drug-likeness (QED) is 0.221. The molecule has 1 aliphatic heterocycles. The monoisotopic (exact) mass is 551 g/mol. The van der Waals surface area contributed by atoms with Gasteiger partial charge in [0, 0.05) is 51.8 Å². The zero-order valence-electron chi connectivity index (χ0n) is 17.2. The van der Waals surface area contributed by atoms with Gasteiger partial charge in [0.05, 0.1) is 12.0 Å². The first kappa shape index (κ1) is 24.7. The predicted molar refractivity (Wildman–Crippen MR) is 125 cm³/mol. The van der Waals surface area contributed by atoms with Gasteiger partial charge in [0.25, 0.3) is 0 Å². The van der Waals surface area contributed by atoms with Crippen molar-refractivity contribution < 1.29 is 17.4 Å². The van der Waals surface area contributed by atoms with E-state index in [-0.39, 0.29) is 29.7 Å². The number of rotatable bonds is 9. The molecule has 0 spiro atoms. The molecule has 0 unspecified atom stereocenters. The molecule has 0 aliphatic carbocycles. The molecule has 0 radical (unpaired) electrons. The maximum Gasteiger partial charge on any atom is 0.220 e. The Morgan fingerprint density at radius 3 is 2.67 bits per heavy atom. The number of piperazine rings is 1. The van der Waals surface area contributed by atoms with Crippen molar-refractivity contribution in [3.05, 3.63) is 42.2 Å². The van der Waals surface area contributed by atoms with Crippen molar-refractivity contribution in [1.82, 2.24) is 19.7 Å². The SMILES string of the molecule is CCCCN=C(NCCc1ccco1)N1CCN(S(=O)(=O)Cc2ccon2)CC1.I. The molecule has 0 aromatic carbocycles. The number of nitrogens with one attached hydrogen (secondary N) is 1. The number of furan rings is 1. The number of hydrogen-bond donors (Lipinski definition) is 1. The zero-order chi connectivity index (χ0) is 20.5. The first-order valence-electron chi connectivity index (χ1n) is 10.0. The van der Waals surface area contributed by atoms with Gasteiger partial charge in [0.1, 0.15) is 17.8 Å². The molecule has 3 heterocycles. The fourth-order valence-corrected chi connectivity index (χ4v) is 4.56. The van der Waals surface area contributed by atoms with Crippen LogP contribution in [0.25, 0.3) is 0 Å². The second-order valence-corrected chi connectivity index (χ2v) is 8.92. The van der Waals surface area contributed by atoms with Gasteiger partial charge in [-0.15, -0.1) is 24.0 Å². The molecule has 168 valence electrons. The normalized spacial score (nSPS) is 15.8. The van der Waals surface area contributed by atoms with E-state index in [1.54, 1.807) is 12.3 Å². The van der Waals surface area contributed by atoms with Crippen LogP contribution in [0.4, 0.5) is 0 Å². The highest BCUT2D eigenvalue weighted by atomic mass is 127. The molecule has 9 nitrogen and oxygen atoms in total. The van der Waals surface area contributed by atoms with Crippen molar-refractivity contribution in [2.24, 2.45) is 4.99 Å². The topological polar surface area (TPSA) is 104 Å². The van der Waals surface area contributed by atoms with Gasteiger partial charge in [0.2, 0.25) is 10.0 Å². The molecule has 1 fully saturated rings. The molecule has 1 saturated heterocycles. The summed E-state index contributed by atoms with van der Waals surface area (Å²) in [7, 11) is -3.41. The molecule has 0 saturated carbocycles. The summed E-state index contributed by atoms with van der Waals surface area (Å²) in [5.74, 6) is 1.62. The molecule has 1 aliphatic rings. The van der Waals surface area contributed by atoms with Gasteiger partial charge in [0.15, 0.2) is 5.96 Å². The lowest BCUT2D eigenvalue weighted by molar-refractivity contribution is 0.259. The predicted octanol–water partition coefficient (Wildman–Crippen LogP) is 2.32. The van der Waals surface area contributed by atoms with Crippen LogP contribution in [-0.4, -0.2) is 68.0 Å². The van der Waals surface area contributed by atoms with Crippen LogP contribution in [0, 0.1) is 0 Å². The van der Waals surface area contributed by atoms with E-state index < -0.39 is 10.0 Å². The van der Waals surface area contributed by atoms with Crippen LogP contribution in [-0.2, 0) is 22.2 Å². The zero-order valence-corrected chi connectivity index (χ0v) is 20.3. The van der Waals surface area contributed by atoms with Gasteiger partial charge in [-0.2, -0.15) is 4.31 Å². The lowest BCUT2D eigenvalue weighted by Gasteiger charge is -2.35. The number of halogens is 1. The number of guanidine groups is 1. The van der Waals surface area contributed by atoms with E-state index in [9.17, 15) is 8.42 Å². The van der Waals surface area contributed by atoms with Crippen LogP contribution < -0.4 is 5.32 Å². The molecule has 0 bridgehead atoms. The van der Waals surface area contributed by atoms with E-state index >= 15 is 0 Å². The second-order valence-electron chi connectivity index (χ2n) is 6.95. The van der Waals surface area contributed by atoms with Crippen molar-refractivity contribution in [3.63, 3.8) is 0 Å². The van der Waals surface area contributed by atoms with Crippen LogP contribution in [0.15, 0.2) is 44.7 Å². The molecule has 2 aromatic rings. The first-order chi connectivity index (χ1) is 14.1. The summed E-state index contributed by atoms with van der Waals surface area (Å²) in [6, 6.07) is 5.41. The van der Waals surface area contributed by atoms with Crippen LogP contribution in [0.3, 0.4) is 0 Å². The van der Waals surface area contributed by atoms with Crippen LogP contribution in [0.5, 0.6) is 0 Å². The Morgan fingerprint density at radius 1 is 1.23 bits per heavy atom. The third-order valence-corrected chi connectivity index (χ3v) is 6.57. The largest absolute Gasteiger partial charge is 0.469 e. The van der Waals surface area contributed by atoms with Crippen molar-refractivity contribution in [3.8, 4) is 0 Å². The summed E-state index contributed by atoms with van der Waals surface area (Å²) in [4.78, 5) is 6.84. The Kier molecular flexibility index (Phi) is 10.1. The van der Waals surface area contributed by atoms with Gasteiger partial charge in [-0.05, 0) is 18.6 Å². The lowest BCUT2D eigenvalue weighted by atomic mass is 10.3. The van der Waals surface area contributed by atoms with Gasteiger partial charge < -0.3 is 19.2 Å². The van der Waals surface area contributed by atoms with Crippen molar-refractivity contribution >= 4 is 40.0 Å². The third-order valence-electron chi connectivity index (χ3n) is 4.76. The molecule has 2 aromatic heterocycles. The number of hydrogen-bond acceptors (Lipinski definition) is 6. The summed E-state index contributed by atoms with van der Waals surface area (Å²) in [6.45, 7) is 5.64. The molecule has 1 N–H and O–H groups in total. The highest BCUT2D eigenvalue weighted by Gasteiger charge is 2.29. The number of unbranched alkanes of at least 4 members (excludes halogenated alkanes) is 1. The lowest BCUT2D eigenvalue weighted by Crippen LogP contribution is -2.54. The smallest absolute Gasteiger partial charge is 0.220 e. The van der Waals surface area contributed by atoms with Gasteiger partial charge in [-0.1, -0.05) is 18.5 Å². The molecular weight excluding hydrogens is 521 g/mol. The minimum absolute atomic E-state index is 0. The average Bonchev–Trinajstić information content (AvgIpc) is 3.41. The van der Waals surface area contributed by atoms with E-state index in [0.29, 0.717) is 38.4 Å². The molecular formula is C19H30IN5O4S. The van der Waals surface area contributed by atoms with Crippen molar-refractivity contribution in [2.75, 3.05) is 39.3 Å². The minimum atomic E-state index is -3.41. The number of nitrogens with zero attached hydrogens (tertiary/aromatic N) is 4. The molecule has 3 rings (SSSR count). The molecule has 0 atom stereocenters. The van der Waals surface area contributed by atoms with Gasteiger partial charge in [-0.3, -0.25) is 4.99 Å². The standard InChI is InChI=1S/C19H29N5O4S.HI/c1-2-3-8-20-19(21-9-6-18-5-4-14-27-18)23-10-12-24(13-11-23)29(25,26)16-17-7-15-28-22-17;/h4-5,7,14-15H,2-3,6,8-13,16H2,1H3,(H,20,21);1H. The number of aromatic nitrogens is 1. The summed E-state index contributed by atoms with van der Waals surface area (Å²) in [5, 5.41) is 7.11. The summed E-state index contributed by atoms with van der Waals surface area (Å²) < 4.78 is 36.9. The Labute approximate surface area is 194 Å². The Morgan fingerprint density at radius 2 is 2.03 bits per heavy atom. The summed E-state index contributed by atoms with van der Waals surface area (Å²) in [5.41, 5.74) is 0.425. The van der Waals surface area contributed by atoms with E-state index in [0.717, 1.165) is 37.5 Å². The molecule has 11 heteroatoms. The fraction of sp³-hybridized carbons (Fsp3) is 0.579. The van der Waals surface area contributed by atoms with Gasteiger partial charge in [-0.25, -0.2) is 8.42 Å². The Hall–Kier alpha value is -1.60. The van der Waals surface area contributed by atoms with Crippen LogP contribution in [0.1, 0.15) is 31.2 Å². The highest BCUT2D eigenvalue weighted by Crippen LogP contribution is 2.13. The summed E-state index contributed by atoms with van der Waals surface area (Å²) >= 11 is 0. The van der Waals surface area contributed by atoms with E-state index in [1.165, 1.54) is 10.6 Å². The van der Waals surface area contributed by atoms with Crippen molar-refractivity contribution in [2.45, 2.75) is 31.9 Å². The Bertz CT molecular complexity index is 848. The van der Waals surface area contributed by atoms with Crippen molar-refractivity contribution in [1.29, 1.82) is 0 Å². The maximum absolute atomic E-state index is 12.6. The maximum atomic E-state index is 12.6. The highest BCUT2D eigenvalue weighted by molar-refractivity contribution is 14.0. The Balaban J connectivity index is 0.00000320. The minimum Gasteiger partial charge on any atom is -0.469 e. The van der Waals surface area contributed by atoms with Crippen LogP contribution in [0.2, 0.25) is 0 Å². The van der Waals surface area contributed by atoms with E-state index in [4.69, 9.17) is 13.9 Å². The molecule has 0 amide bonds. The molecule has 30 heavy (non-hydrogen) atoms. The van der Waals surface area contributed by atoms with E-state index in [2.05, 4.69) is 22.3 Å². The number of aliphatic imine (C=N–C) groups is 1. The van der Waals surface area contributed by atoms with E-state index in [1.807, 2.05) is 12.1 Å². The first-order valence-corrected chi connectivity index (χ1v) is 11.6. The second kappa shape index (κ2) is 12.3. The van der Waals surface area contributed by atoms with Crippen LogP contribution >= 0.6 is 24.0 Å². The van der Waals surface area contributed by atoms with Gasteiger partial charge >= 0.3 is 0 Å². The number of sulfonamides is 1. The average molecular weight is 551 g/mol. The fourth-order valence-electron chi connectivity index (χ4n) is 3.13. The summed E-state index contributed by atoms with van der Waals surface area (Å²) in [6.07, 6.45) is 5.93.